The van der Waals surface area contributed by atoms with Crippen molar-refractivity contribution in [2.24, 2.45) is 0 Å². The van der Waals surface area contributed by atoms with Gasteiger partial charge in [0.1, 0.15) is 12.4 Å². The van der Waals surface area contributed by atoms with Gasteiger partial charge in [-0.25, -0.2) is 9.78 Å². The van der Waals surface area contributed by atoms with E-state index in [9.17, 15) is 4.79 Å². The lowest BCUT2D eigenvalue weighted by molar-refractivity contribution is -0.138. The lowest BCUT2D eigenvalue weighted by Crippen LogP contribution is -2.07. The van der Waals surface area contributed by atoms with Crippen LogP contribution in [0, 0.1) is 6.92 Å². The molecule has 1 aromatic heterocycles. The number of esters is 1. The molecule has 0 amide bonds. The zero-order valence-corrected chi connectivity index (χ0v) is 20.5. The molecule has 3 aromatic rings. The first kappa shape index (κ1) is 24.6. The van der Waals surface area contributed by atoms with Crippen LogP contribution >= 0.6 is 23.2 Å². The van der Waals surface area contributed by atoms with Crippen LogP contribution in [-0.4, -0.2) is 17.6 Å². The zero-order chi connectivity index (χ0) is 24.0. The van der Waals surface area contributed by atoms with Gasteiger partial charge in [-0.05, 0) is 68.7 Å². The summed E-state index contributed by atoms with van der Waals surface area (Å²) in [5, 5.41) is 1.07. The smallest absolute Gasteiger partial charge is 0.333 e. The van der Waals surface area contributed by atoms with Crippen LogP contribution in [0.2, 0.25) is 10.0 Å². The third-order valence-corrected chi connectivity index (χ3v) is 5.72. The quantitative estimate of drug-likeness (QED) is 0.245. The van der Waals surface area contributed by atoms with Gasteiger partial charge in [-0.15, -0.1) is 0 Å². The Hall–Kier alpha value is -3.02. The highest BCUT2D eigenvalue weighted by atomic mass is 35.5. The van der Waals surface area contributed by atoms with Crippen molar-refractivity contribution in [2.45, 2.75) is 34.3 Å². The highest BCUT2D eigenvalue weighted by Gasteiger charge is 2.15. The Morgan fingerprint density at radius 1 is 1.03 bits per heavy atom. The van der Waals surface area contributed by atoms with Gasteiger partial charge in [-0.3, -0.25) is 0 Å². The summed E-state index contributed by atoms with van der Waals surface area (Å²) in [6, 6.07) is 14.7. The van der Waals surface area contributed by atoms with Crippen molar-refractivity contribution < 1.29 is 19.0 Å². The number of rotatable bonds is 8. The highest BCUT2D eigenvalue weighted by Crippen LogP contribution is 2.36. The summed E-state index contributed by atoms with van der Waals surface area (Å²) in [5.74, 6) is 1.13. The van der Waals surface area contributed by atoms with Gasteiger partial charge in [0.25, 0.3) is 0 Å². The summed E-state index contributed by atoms with van der Waals surface area (Å²) in [4.78, 5) is 16.4. The Morgan fingerprint density at radius 2 is 1.79 bits per heavy atom. The number of aromatic nitrogens is 1. The highest BCUT2D eigenvalue weighted by molar-refractivity contribution is 6.32. The largest absolute Gasteiger partial charge is 0.487 e. The normalized spacial score (nSPS) is 11.6. The van der Waals surface area contributed by atoms with Crippen LogP contribution < -0.4 is 9.47 Å². The molecular formula is C26H25Cl2NO4. The minimum atomic E-state index is -0.342. The van der Waals surface area contributed by atoms with E-state index < -0.39 is 0 Å². The van der Waals surface area contributed by atoms with Crippen LogP contribution in [0.15, 0.2) is 60.3 Å². The summed E-state index contributed by atoms with van der Waals surface area (Å²) in [5.41, 5.74) is 3.86. The molecule has 0 saturated heterocycles. The number of ether oxygens (including phenoxy) is 3. The van der Waals surface area contributed by atoms with Crippen molar-refractivity contribution in [3.05, 3.63) is 87.0 Å². The van der Waals surface area contributed by atoms with E-state index in [1.54, 1.807) is 38.2 Å². The molecule has 0 N–H and O–H groups in total. The minimum absolute atomic E-state index is 0.326. The maximum atomic E-state index is 12.0. The van der Waals surface area contributed by atoms with E-state index in [4.69, 9.17) is 37.4 Å². The van der Waals surface area contributed by atoms with E-state index in [-0.39, 0.29) is 5.97 Å². The first-order chi connectivity index (χ1) is 15.8. The van der Waals surface area contributed by atoms with Gasteiger partial charge in [0.2, 0.25) is 5.88 Å². The number of allylic oxidation sites excluding steroid dienone is 1. The van der Waals surface area contributed by atoms with Crippen LogP contribution in [0.1, 0.15) is 37.5 Å². The van der Waals surface area contributed by atoms with Gasteiger partial charge in [-0.2, -0.15) is 0 Å². The van der Waals surface area contributed by atoms with E-state index in [0.717, 1.165) is 22.3 Å². The van der Waals surface area contributed by atoms with E-state index in [1.165, 1.54) is 0 Å². The summed E-state index contributed by atoms with van der Waals surface area (Å²) in [6.45, 7) is 7.93. The molecule has 2 aromatic carbocycles. The van der Waals surface area contributed by atoms with E-state index in [2.05, 4.69) is 4.98 Å². The van der Waals surface area contributed by atoms with Crippen LogP contribution in [0.4, 0.5) is 0 Å². The molecule has 0 aliphatic heterocycles. The van der Waals surface area contributed by atoms with Crippen molar-refractivity contribution in [2.75, 3.05) is 6.61 Å². The molecule has 0 spiro atoms. The van der Waals surface area contributed by atoms with Gasteiger partial charge in [0.05, 0.1) is 17.8 Å². The van der Waals surface area contributed by atoms with Crippen LogP contribution in [0.25, 0.3) is 5.57 Å². The minimum Gasteiger partial charge on any atom is -0.487 e. The molecule has 0 atom stereocenters. The predicted octanol–water partition coefficient (Wildman–Crippen LogP) is 7.42. The fraction of sp³-hybridized carbons (Fsp3) is 0.231. The molecule has 7 heteroatoms. The average molecular weight is 486 g/mol. The van der Waals surface area contributed by atoms with E-state index in [1.807, 2.05) is 44.2 Å². The van der Waals surface area contributed by atoms with Gasteiger partial charge in [0.15, 0.2) is 5.75 Å². The Balaban J connectivity index is 1.72. The fourth-order valence-corrected chi connectivity index (χ4v) is 3.57. The Kier molecular flexibility index (Phi) is 8.37. The van der Waals surface area contributed by atoms with Gasteiger partial charge >= 0.3 is 5.97 Å². The molecule has 0 aliphatic rings. The average Bonchev–Trinajstić information content (AvgIpc) is 2.80. The number of hydrogen-bond donors (Lipinski definition) is 0. The second-order valence-corrected chi connectivity index (χ2v) is 8.20. The van der Waals surface area contributed by atoms with Crippen LogP contribution in [-0.2, 0) is 16.1 Å². The Labute approximate surface area is 203 Å². The van der Waals surface area contributed by atoms with Crippen LogP contribution in [0.5, 0.6) is 17.4 Å². The standard InChI is InChI=1S/C26H25Cl2NO4/c1-5-31-26(30)18(4)17(3)20-12-16(2)25(23(28)13-20)33-24-11-10-21(14-29-24)32-15-19-8-6-7-9-22(19)27/h6-14H,5,15H2,1-4H3. The molecule has 33 heavy (non-hydrogen) atoms. The number of aryl methyl sites for hydroxylation is 1. The number of carbonyl (C=O) groups is 1. The van der Waals surface area contributed by atoms with Crippen molar-refractivity contribution in [1.82, 2.24) is 4.98 Å². The molecule has 0 radical (unpaired) electrons. The Bertz CT molecular complexity index is 1150. The summed E-state index contributed by atoms with van der Waals surface area (Å²) in [6.07, 6.45) is 1.58. The molecule has 1 heterocycles. The monoisotopic (exact) mass is 485 g/mol. The Morgan fingerprint density at radius 3 is 2.42 bits per heavy atom. The second-order valence-electron chi connectivity index (χ2n) is 7.39. The lowest BCUT2D eigenvalue weighted by atomic mass is 10.00. The fourth-order valence-electron chi connectivity index (χ4n) is 3.08. The number of nitrogens with zero attached hydrogens (tertiary/aromatic N) is 1. The predicted molar refractivity (Wildman–Crippen MR) is 131 cm³/mol. The topological polar surface area (TPSA) is 57.7 Å². The molecule has 0 unspecified atom stereocenters. The van der Waals surface area contributed by atoms with Crippen molar-refractivity contribution in [1.29, 1.82) is 0 Å². The summed E-state index contributed by atoms with van der Waals surface area (Å²) < 4.78 is 16.8. The first-order valence-electron chi connectivity index (χ1n) is 10.4. The molecule has 5 nitrogen and oxygen atoms in total. The molecule has 172 valence electrons. The molecule has 0 saturated carbocycles. The van der Waals surface area contributed by atoms with E-state index in [0.29, 0.717) is 46.2 Å². The van der Waals surface area contributed by atoms with Crippen molar-refractivity contribution in [3.8, 4) is 17.4 Å². The molecule has 0 bridgehead atoms. The van der Waals surface area contributed by atoms with Crippen molar-refractivity contribution >= 4 is 34.7 Å². The molecule has 0 fully saturated rings. The molecule has 3 rings (SSSR count). The molecule has 0 aliphatic carbocycles. The number of hydrogen-bond acceptors (Lipinski definition) is 5. The number of halogens is 2. The van der Waals surface area contributed by atoms with Gasteiger partial charge < -0.3 is 14.2 Å². The maximum Gasteiger partial charge on any atom is 0.333 e. The van der Waals surface area contributed by atoms with Crippen LogP contribution in [0.3, 0.4) is 0 Å². The third kappa shape index (κ3) is 6.28. The van der Waals surface area contributed by atoms with Gasteiger partial charge in [0, 0.05) is 22.2 Å². The SMILES string of the molecule is CCOC(=O)C(C)=C(C)c1cc(C)c(Oc2ccc(OCc3ccccc3Cl)cn2)c(Cl)c1. The van der Waals surface area contributed by atoms with Gasteiger partial charge in [-0.1, -0.05) is 41.4 Å². The van der Waals surface area contributed by atoms with Crippen molar-refractivity contribution in [3.63, 3.8) is 0 Å². The summed E-state index contributed by atoms with van der Waals surface area (Å²) in [7, 11) is 0. The number of benzene rings is 2. The first-order valence-corrected chi connectivity index (χ1v) is 11.2. The van der Waals surface area contributed by atoms with E-state index >= 15 is 0 Å². The maximum absolute atomic E-state index is 12.0. The number of carbonyl (C=O) groups excluding carboxylic acids is 1. The molecular weight excluding hydrogens is 461 g/mol. The third-order valence-electron chi connectivity index (χ3n) is 5.07. The second kappa shape index (κ2) is 11.2. The number of pyridine rings is 1. The lowest BCUT2D eigenvalue weighted by Gasteiger charge is -2.14. The summed E-state index contributed by atoms with van der Waals surface area (Å²) >= 11 is 12.7. The zero-order valence-electron chi connectivity index (χ0n) is 18.9.